The second-order valence-electron chi connectivity index (χ2n) is 13.1. The van der Waals surface area contributed by atoms with Crippen LogP contribution in [-0.2, 0) is 38.1 Å². The Kier molecular flexibility index (Phi) is 9.59. The van der Waals surface area contributed by atoms with Gasteiger partial charge in [-0.3, -0.25) is 14.4 Å². The molecule has 0 radical (unpaired) electrons. The molecule has 1 aromatic carbocycles. The van der Waals surface area contributed by atoms with Gasteiger partial charge in [-0.15, -0.1) is 0 Å². The lowest BCUT2D eigenvalue weighted by atomic mass is 9.49. The molecule has 1 unspecified atom stereocenters. The van der Waals surface area contributed by atoms with Crippen molar-refractivity contribution in [2.45, 2.75) is 98.2 Å². The van der Waals surface area contributed by atoms with E-state index in [1.165, 1.54) is 26.8 Å². The molecule has 0 heterocycles. The van der Waals surface area contributed by atoms with Crippen LogP contribution in [0.5, 0.6) is 0 Å². The van der Waals surface area contributed by atoms with Crippen molar-refractivity contribution in [3.05, 3.63) is 65.3 Å². The summed E-state index contributed by atoms with van der Waals surface area (Å²) in [6.07, 6.45) is -0.743. The molecule has 44 heavy (non-hydrogen) atoms. The van der Waals surface area contributed by atoms with E-state index in [4.69, 9.17) is 18.9 Å². The molecule has 8 atom stereocenters. The summed E-state index contributed by atoms with van der Waals surface area (Å²) in [6.45, 7) is 16.0. The van der Waals surface area contributed by atoms with Gasteiger partial charge in [-0.05, 0) is 65.4 Å². The molecule has 0 saturated heterocycles. The van der Waals surface area contributed by atoms with Crippen LogP contribution in [0.2, 0.25) is 0 Å². The Hall–Kier alpha value is -3.72. The van der Waals surface area contributed by atoms with Crippen molar-refractivity contribution in [2.24, 2.45) is 22.7 Å². The van der Waals surface area contributed by atoms with E-state index >= 15 is 0 Å². The van der Waals surface area contributed by atoms with Crippen molar-refractivity contribution in [2.75, 3.05) is 0 Å². The fraction of sp³-hybridized carbons (Fsp3) is 0.543. The van der Waals surface area contributed by atoms with Crippen LogP contribution >= 0.6 is 0 Å². The molecule has 2 saturated carbocycles. The zero-order valence-corrected chi connectivity index (χ0v) is 26.6. The molecule has 9 heteroatoms. The molecule has 0 amide bonds. The minimum Gasteiger partial charge on any atom is -0.462 e. The molecule has 0 spiro atoms. The van der Waals surface area contributed by atoms with E-state index in [-0.39, 0.29) is 12.3 Å². The van der Waals surface area contributed by atoms with E-state index in [1.54, 1.807) is 6.08 Å². The number of carbonyl (C=O) groups is 4. The van der Waals surface area contributed by atoms with Gasteiger partial charge >= 0.3 is 23.9 Å². The Bertz CT molecular complexity index is 1370. The molecule has 4 rings (SSSR count). The van der Waals surface area contributed by atoms with Crippen molar-refractivity contribution in [1.29, 1.82) is 0 Å². The van der Waals surface area contributed by atoms with Gasteiger partial charge in [0.2, 0.25) is 0 Å². The third-order valence-electron chi connectivity index (χ3n) is 9.94. The van der Waals surface area contributed by atoms with E-state index < -0.39 is 71.1 Å². The maximum atomic E-state index is 13.0. The second-order valence-corrected chi connectivity index (χ2v) is 13.1. The number of carbonyl (C=O) groups excluding carboxylic acids is 4. The molecule has 0 aliphatic heterocycles. The summed E-state index contributed by atoms with van der Waals surface area (Å²) in [6, 6.07) is 9.33. The number of aliphatic hydroxyl groups excluding tert-OH is 1. The van der Waals surface area contributed by atoms with Gasteiger partial charge in [-0.1, -0.05) is 57.7 Å². The molecule has 3 aliphatic rings. The zero-order chi connectivity index (χ0) is 32.6. The Balaban J connectivity index is 1.85. The lowest BCUT2D eigenvalue weighted by Crippen LogP contribution is -2.64. The van der Waals surface area contributed by atoms with Gasteiger partial charge in [0.25, 0.3) is 0 Å². The zero-order valence-electron chi connectivity index (χ0n) is 26.6. The monoisotopic (exact) mass is 608 g/mol. The lowest BCUT2D eigenvalue weighted by Gasteiger charge is -2.59. The normalized spacial score (nSPS) is 33.0. The number of fused-ring (bicyclic) bond motifs is 3. The third-order valence-corrected chi connectivity index (χ3v) is 9.94. The van der Waals surface area contributed by atoms with E-state index in [0.717, 1.165) is 5.56 Å². The van der Waals surface area contributed by atoms with Gasteiger partial charge in [0.05, 0.1) is 11.5 Å². The van der Waals surface area contributed by atoms with Crippen LogP contribution in [0.3, 0.4) is 0 Å². The van der Waals surface area contributed by atoms with Gasteiger partial charge in [0.15, 0.2) is 12.2 Å². The number of benzene rings is 1. The van der Waals surface area contributed by atoms with Crippen LogP contribution in [0, 0.1) is 22.7 Å². The van der Waals surface area contributed by atoms with Gasteiger partial charge in [-0.25, -0.2) is 4.79 Å². The molecular formula is C35H44O9. The van der Waals surface area contributed by atoms with Crippen molar-refractivity contribution in [3.8, 4) is 0 Å². The number of esters is 4. The van der Waals surface area contributed by atoms with Crippen LogP contribution in [0.1, 0.15) is 73.3 Å². The Labute approximate surface area is 259 Å². The summed E-state index contributed by atoms with van der Waals surface area (Å²) in [5, 5.41) is 11.2. The lowest BCUT2D eigenvalue weighted by molar-refractivity contribution is -0.212. The Morgan fingerprint density at radius 3 is 2.09 bits per heavy atom. The average Bonchev–Trinajstić information content (AvgIpc) is 2.93. The first-order chi connectivity index (χ1) is 20.6. The van der Waals surface area contributed by atoms with E-state index in [0.29, 0.717) is 29.6 Å². The molecule has 0 aromatic heterocycles. The van der Waals surface area contributed by atoms with Crippen LogP contribution in [0.25, 0.3) is 6.08 Å². The van der Waals surface area contributed by atoms with Gasteiger partial charge in [0, 0.05) is 33.3 Å². The van der Waals surface area contributed by atoms with Gasteiger partial charge < -0.3 is 24.1 Å². The third kappa shape index (κ3) is 6.39. The van der Waals surface area contributed by atoms with E-state index in [9.17, 15) is 24.3 Å². The van der Waals surface area contributed by atoms with Crippen molar-refractivity contribution in [1.82, 2.24) is 0 Å². The Morgan fingerprint density at radius 1 is 0.886 bits per heavy atom. The summed E-state index contributed by atoms with van der Waals surface area (Å²) >= 11 is 0. The average molecular weight is 609 g/mol. The molecule has 2 fully saturated rings. The number of aliphatic hydroxyl groups is 1. The fourth-order valence-electron chi connectivity index (χ4n) is 7.70. The predicted octanol–water partition coefficient (Wildman–Crippen LogP) is 5.12. The topological polar surface area (TPSA) is 125 Å². The van der Waals surface area contributed by atoms with Crippen LogP contribution < -0.4 is 0 Å². The highest BCUT2D eigenvalue weighted by molar-refractivity contribution is 5.87. The fourth-order valence-corrected chi connectivity index (χ4v) is 7.70. The maximum absolute atomic E-state index is 13.0. The Morgan fingerprint density at radius 2 is 1.50 bits per heavy atom. The molecule has 1 N–H and O–H groups in total. The van der Waals surface area contributed by atoms with Crippen molar-refractivity contribution in [3.63, 3.8) is 0 Å². The minimum atomic E-state index is -1.14. The van der Waals surface area contributed by atoms with Crippen LogP contribution in [0.15, 0.2) is 59.7 Å². The number of rotatable bonds is 6. The molecule has 2 bridgehead atoms. The second kappa shape index (κ2) is 12.7. The van der Waals surface area contributed by atoms with Crippen LogP contribution in [-0.4, -0.2) is 59.5 Å². The molecule has 238 valence electrons. The predicted molar refractivity (Wildman–Crippen MR) is 163 cm³/mol. The summed E-state index contributed by atoms with van der Waals surface area (Å²) in [5.74, 6) is -2.98. The molecule has 9 nitrogen and oxygen atoms in total. The molecular weight excluding hydrogens is 564 g/mol. The quantitative estimate of drug-likeness (QED) is 0.203. The maximum Gasteiger partial charge on any atom is 0.331 e. The number of hydrogen-bond donors (Lipinski definition) is 1. The minimum absolute atomic E-state index is 0.0651. The SMILES string of the molecule is C=C1[C@@H](OC(=O)/C=C/c2ccccc2)C[C@H](OC(C)=O)[C@]2(C)[C@@H]1CC1C[C@H](O)C(C)=C([C@@H](OC(C)=O)[C@@H]2OC(C)=O)C1(C)C. The van der Waals surface area contributed by atoms with E-state index in [1.807, 2.05) is 58.0 Å². The first-order valence-corrected chi connectivity index (χ1v) is 15.1. The van der Waals surface area contributed by atoms with Crippen LogP contribution in [0.4, 0.5) is 0 Å². The highest BCUT2D eigenvalue weighted by atomic mass is 16.6. The van der Waals surface area contributed by atoms with Gasteiger partial charge in [0.1, 0.15) is 12.2 Å². The summed E-state index contributed by atoms with van der Waals surface area (Å²) < 4.78 is 23.9. The van der Waals surface area contributed by atoms with Gasteiger partial charge in [-0.2, -0.15) is 0 Å². The highest BCUT2D eigenvalue weighted by Crippen LogP contribution is 2.60. The number of hydrogen-bond acceptors (Lipinski definition) is 9. The molecule has 3 aliphatic carbocycles. The number of ether oxygens (including phenoxy) is 4. The van der Waals surface area contributed by atoms with Crippen molar-refractivity contribution < 1.29 is 43.2 Å². The largest absolute Gasteiger partial charge is 0.462 e. The highest BCUT2D eigenvalue weighted by Gasteiger charge is 2.64. The molecule has 1 aromatic rings. The first kappa shape index (κ1) is 33.2. The van der Waals surface area contributed by atoms with Crippen molar-refractivity contribution >= 4 is 30.0 Å². The summed E-state index contributed by atoms with van der Waals surface area (Å²) in [5.41, 5.74) is 1.04. The smallest absolute Gasteiger partial charge is 0.331 e. The summed E-state index contributed by atoms with van der Waals surface area (Å²) in [7, 11) is 0. The standard InChI is InChI=1S/C35H44O9/c1-19-26-16-25-17-27(39)20(2)31(34(25,6)7)32(42-22(4)37)33(43-23(5)38)35(26,8)29(41-21(3)36)18-28(19)44-30(40)15-14-24-12-10-9-11-13-24/h9-15,25-29,32-33,39H,1,16-18H2,2-8H3/b15-14+/t25?,26-,27+,28+,29+,32-,33+,35+/m1/s1. The van der Waals surface area contributed by atoms with E-state index in [2.05, 4.69) is 6.58 Å². The summed E-state index contributed by atoms with van der Waals surface area (Å²) in [4.78, 5) is 50.9. The first-order valence-electron chi connectivity index (χ1n) is 15.1.